The standard InChI is InChI=1S/C22H22BN7O3/c24-18(31)15-7-3-9-30-17(15)12-27-22(30)21-28-19-16(6-2-8-25-19)20(29-21)26-11-13-4-1-5-14(10-13)23(32)33/h1,3-5,7,9-10,12,32-33H,2,6,8,11H2,(H2,24,31)(H2,25,26,28,29). The number of amides is 1. The van der Waals surface area contributed by atoms with Gasteiger partial charge in [0.25, 0.3) is 5.91 Å². The highest BCUT2D eigenvalue weighted by Crippen LogP contribution is 2.30. The second-order valence-corrected chi connectivity index (χ2v) is 7.85. The molecule has 11 heteroatoms. The number of fused-ring (bicyclic) bond motifs is 2. The van der Waals surface area contributed by atoms with Gasteiger partial charge in [-0.2, -0.15) is 0 Å². The van der Waals surface area contributed by atoms with Gasteiger partial charge in [-0.1, -0.05) is 24.3 Å². The molecule has 0 atom stereocenters. The molecule has 4 aromatic rings. The Hall–Kier alpha value is -3.96. The highest BCUT2D eigenvalue weighted by atomic mass is 16.4. The number of primary amides is 1. The van der Waals surface area contributed by atoms with E-state index in [1.807, 2.05) is 6.07 Å². The van der Waals surface area contributed by atoms with Crippen molar-refractivity contribution in [3.63, 3.8) is 0 Å². The zero-order valence-electron chi connectivity index (χ0n) is 17.7. The van der Waals surface area contributed by atoms with Crippen LogP contribution in [0, 0.1) is 0 Å². The van der Waals surface area contributed by atoms with Gasteiger partial charge in [0.1, 0.15) is 11.6 Å². The van der Waals surface area contributed by atoms with Gasteiger partial charge in [-0.3, -0.25) is 9.20 Å². The summed E-state index contributed by atoms with van der Waals surface area (Å²) in [6.07, 6.45) is 5.17. The van der Waals surface area contributed by atoms with E-state index in [1.165, 1.54) is 0 Å². The highest BCUT2D eigenvalue weighted by molar-refractivity contribution is 6.58. The fraction of sp³-hybridized carbons (Fsp3) is 0.182. The molecule has 0 radical (unpaired) electrons. The van der Waals surface area contributed by atoms with Crippen molar-refractivity contribution in [1.29, 1.82) is 0 Å². The second-order valence-electron chi connectivity index (χ2n) is 7.85. The summed E-state index contributed by atoms with van der Waals surface area (Å²) < 4.78 is 1.75. The molecule has 3 aromatic heterocycles. The highest BCUT2D eigenvalue weighted by Gasteiger charge is 2.21. The third-order valence-electron chi connectivity index (χ3n) is 5.65. The summed E-state index contributed by atoms with van der Waals surface area (Å²) in [4.78, 5) is 25.7. The predicted molar refractivity (Wildman–Crippen MR) is 125 cm³/mol. The van der Waals surface area contributed by atoms with Crippen LogP contribution in [-0.4, -0.2) is 49.0 Å². The van der Waals surface area contributed by atoms with Gasteiger partial charge in [0.05, 0.1) is 17.3 Å². The molecule has 166 valence electrons. The van der Waals surface area contributed by atoms with E-state index >= 15 is 0 Å². The van der Waals surface area contributed by atoms with Gasteiger partial charge in [-0.25, -0.2) is 15.0 Å². The first-order valence-corrected chi connectivity index (χ1v) is 10.6. The minimum absolute atomic E-state index is 0.372. The van der Waals surface area contributed by atoms with E-state index in [1.54, 1.807) is 47.1 Å². The maximum atomic E-state index is 11.8. The van der Waals surface area contributed by atoms with E-state index in [4.69, 9.17) is 15.7 Å². The Morgan fingerprint density at radius 1 is 1.24 bits per heavy atom. The fourth-order valence-corrected chi connectivity index (χ4v) is 4.03. The van der Waals surface area contributed by atoms with Crippen molar-refractivity contribution in [3.8, 4) is 11.6 Å². The predicted octanol–water partition coefficient (Wildman–Crippen LogP) is 0.540. The lowest BCUT2D eigenvalue weighted by Crippen LogP contribution is -2.30. The zero-order valence-corrected chi connectivity index (χ0v) is 17.7. The Labute approximate surface area is 189 Å². The molecule has 33 heavy (non-hydrogen) atoms. The number of aromatic nitrogens is 4. The Morgan fingerprint density at radius 2 is 2.12 bits per heavy atom. The molecule has 1 amide bonds. The smallest absolute Gasteiger partial charge is 0.423 e. The third-order valence-corrected chi connectivity index (χ3v) is 5.65. The first-order valence-electron chi connectivity index (χ1n) is 10.6. The van der Waals surface area contributed by atoms with E-state index in [9.17, 15) is 14.8 Å². The van der Waals surface area contributed by atoms with Gasteiger partial charge in [0.2, 0.25) is 0 Å². The molecule has 0 bridgehead atoms. The molecule has 0 spiro atoms. The lowest BCUT2D eigenvalue weighted by molar-refractivity contribution is 0.100. The van der Waals surface area contributed by atoms with Crippen LogP contribution >= 0.6 is 0 Å². The molecule has 1 aliphatic heterocycles. The first-order chi connectivity index (χ1) is 16.0. The topological polar surface area (TPSA) is 151 Å². The van der Waals surface area contributed by atoms with E-state index in [-0.39, 0.29) is 0 Å². The number of rotatable bonds is 6. The summed E-state index contributed by atoms with van der Waals surface area (Å²) in [6.45, 7) is 1.26. The SMILES string of the molecule is NC(=O)c1cccn2c(-c3nc4c(c(NCc5cccc(B(O)O)c5)n3)CCCN4)ncc12. The molecular weight excluding hydrogens is 421 g/mol. The molecule has 0 fully saturated rings. The molecule has 0 saturated heterocycles. The number of nitrogens with two attached hydrogens (primary N) is 1. The van der Waals surface area contributed by atoms with E-state index < -0.39 is 13.0 Å². The van der Waals surface area contributed by atoms with Crippen LogP contribution in [0.25, 0.3) is 17.2 Å². The van der Waals surface area contributed by atoms with Crippen molar-refractivity contribution in [1.82, 2.24) is 19.4 Å². The lowest BCUT2D eigenvalue weighted by Gasteiger charge is -2.21. The normalized spacial score (nSPS) is 12.8. The number of nitrogens with one attached hydrogen (secondary N) is 2. The average molecular weight is 443 g/mol. The van der Waals surface area contributed by atoms with Crippen molar-refractivity contribution in [2.24, 2.45) is 5.73 Å². The number of carbonyl (C=O) groups excluding carboxylic acids is 1. The van der Waals surface area contributed by atoms with Crippen molar-refractivity contribution in [2.45, 2.75) is 19.4 Å². The van der Waals surface area contributed by atoms with Crippen LogP contribution in [0.15, 0.2) is 48.8 Å². The van der Waals surface area contributed by atoms with Gasteiger partial charge < -0.3 is 26.4 Å². The Bertz CT molecular complexity index is 1360. The minimum Gasteiger partial charge on any atom is -0.423 e. The largest absolute Gasteiger partial charge is 0.488 e. The number of benzene rings is 1. The molecule has 5 rings (SSSR count). The number of imidazole rings is 1. The van der Waals surface area contributed by atoms with Gasteiger partial charge in [-0.15, -0.1) is 0 Å². The summed E-state index contributed by atoms with van der Waals surface area (Å²) in [5.41, 5.74) is 8.76. The molecule has 6 N–H and O–H groups in total. The van der Waals surface area contributed by atoms with Gasteiger partial charge in [0.15, 0.2) is 11.6 Å². The number of hydrogen-bond donors (Lipinski definition) is 5. The summed E-state index contributed by atoms with van der Waals surface area (Å²) in [7, 11) is -1.52. The van der Waals surface area contributed by atoms with Gasteiger partial charge >= 0.3 is 7.12 Å². The second kappa shape index (κ2) is 8.53. The minimum atomic E-state index is -1.52. The Morgan fingerprint density at radius 3 is 2.94 bits per heavy atom. The average Bonchev–Trinajstić information content (AvgIpc) is 3.26. The van der Waals surface area contributed by atoms with Crippen LogP contribution in [0.5, 0.6) is 0 Å². The number of carbonyl (C=O) groups is 1. The maximum absolute atomic E-state index is 11.8. The van der Waals surface area contributed by atoms with Crippen LogP contribution in [0.4, 0.5) is 11.6 Å². The zero-order chi connectivity index (χ0) is 22.9. The first kappa shape index (κ1) is 20.9. The van der Waals surface area contributed by atoms with Crippen molar-refractivity contribution in [3.05, 3.63) is 65.5 Å². The van der Waals surface area contributed by atoms with Gasteiger partial charge in [0, 0.05) is 24.8 Å². The molecule has 1 aromatic carbocycles. The molecular formula is C22H22BN7O3. The molecule has 4 heterocycles. The lowest BCUT2D eigenvalue weighted by atomic mass is 9.79. The number of hydrogen-bond acceptors (Lipinski definition) is 8. The van der Waals surface area contributed by atoms with Crippen LogP contribution in [0.2, 0.25) is 0 Å². The van der Waals surface area contributed by atoms with Crippen LogP contribution < -0.4 is 21.8 Å². The molecule has 0 aliphatic carbocycles. The summed E-state index contributed by atoms with van der Waals surface area (Å²) >= 11 is 0. The van der Waals surface area contributed by atoms with Crippen molar-refractivity contribution >= 4 is 35.6 Å². The Kier molecular flexibility index (Phi) is 5.41. The monoisotopic (exact) mass is 443 g/mol. The fourth-order valence-electron chi connectivity index (χ4n) is 4.03. The number of pyridine rings is 1. The van der Waals surface area contributed by atoms with Crippen molar-refractivity contribution in [2.75, 3.05) is 17.2 Å². The molecule has 0 saturated carbocycles. The van der Waals surface area contributed by atoms with Crippen LogP contribution in [0.3, 0.4) is 0 Å². The summed E-state index contributed by atoms with van der Waals surface area (Å²) in [5, 5.41) is 25.6. The van der Waals surface area contributed by atoms with Crippen molar-refractivity contribution < 1.29 is 14.8 Å². The van der Waals surface area contributed by atoms with Gasteiger partial charge in [-0.05, 0) is 36.0 Å². The van der Waals surface area contributed by atoms with Crippen LogP contribution in [-0.2, 0) is 13.0 Å². The quantitative estimate of drug-likeness (QED) is 0.271. The van der Waals surface area contributed by atoms with E-state index in [0.717, 1.165) is 36.3 Å². The number of anilines is 2. The summed E-state index contributed by atoms with van der Waals surface area (Å²) in [5.74, 6) is 1.80. The summed E-state index contributed by atoms with van der Waals surface area (Å²) in [6, 6.07) is 10.5. The van der Waals surface area contributed by atoms with E-state index in [2.05, 4.69) is 15.6 Å². The van der Waals surface area contributed by atoms with Crippen LogP contribution in [0.1, 0.15) is 27.9 Å². The Balaban J connectivity index is 1.54. The number of nitrogens with zero attached hydrogens (tertiary/aromatic N) is 4. The van der Waals surface area contributed by atoms with E-state index in [0.29, 0.717) is 40.6 Å². The third kappa shape index (κ3) is 3.99. The molecule has 10 nitrogen and oxygen atoms in total. The molecule has 1 aliphatic rings. The maximum Gasteiger partial charge on any atom is 0.488 e. The molecule has 0 unspecified atom stereocenters.